The molecule has 0 unspecified atom stereocenters. The Hall–Kier alpha value is -2.48. The zero-order valence-electron chi connectivity index (χ0n) is 19.4. The highest BCUT2D eigenvalue weighted by Gasteiger charge is 2.14. The van der Waals surface area contributed by atoms with Crippen molar-refractivity contribution in [1.29, 1.82) is 0 Å². The van der Waals surface area contributed by atoms with Gasteiger partial charge in [0.1, 0.15) is 0 Å². The van der Waals surface area contributed by atoms with Gasteiger partial charge in [-0.25, -0.2) is 4.99 Å². The minimum atomic E-state index is -3.66. The van der Waals surface area contributed by atoms with E-state index in [0.717, 1.165) is 16.3 Å². The van der Waals surface area contributed by atoms with Gasteiger partial charge in [0.15, 0.2) is 0 Å². The van der Waals surface area contributed by atoms with Crippen LogP contribution in [0.2, 0.25) is 0 Å². The van der Waals surface area contributed by atoms with Gasteiger partial charge < -0.3 is 4.74 Å². The second kappa shape index (κ2) is 11.9. The number of ether oxygens (including phenoxy) is 1. The summed E-state index contributed by atoms with van der Waals surface area (Å²) in [5.41, 5.74) is 5.02. The lowest BCUT2D eigenvalue weighted by Gasteiger charge is -2.09. The molecule has 32 heavy (non-hydrogen) atoms. The smallest absolute Gasteiger partial charge is 0.282 e. The molecule has 0 bridgehead atoms. The van der Waals surface area contributed by atoms with Gasteiger partial charge in [-0.3, -0.25) is 0 Å². The lowest BCUT2D eigenvalue weighted by atomic mass is 10.1. The number of thioether (sulfide) groups is 1. The fourth-order valence-corrected chi connectivity index (χ4v) is 3.95. The maximum Gasteiger partial charge on any atom is 0.282 e. The lowest BCUT2D eigenvalue weighted by molar-refractivity contribution is 0.177. The number of allylic oxidation sites excluding steroid dienone is 2. The molecule has 2 aromatic carbocycles. The van der Waals surface area contributed by atoms with Crippen molar-refractivity contribution in [2.24, 2.45) is 9.39 Å². The second-order valence-corrected chi connectivity index (χ2v) is 9.95. The molecule has 0 radical (unpaired) electrons. The Balaban J connectivity index is 0.000000244. The van der Waals surface area contributed by atoms with E-state index in [2.05, 4.69) is 41.4 Å². The Bertz CT molecular complexity index is 1130. The minimum absolute atomic E-state index is 0.124. The summed E-state index contributed by atoms with van der Waals surface area (Å²) >= 11 is 1.68. The van der Waals surface area contributed by atoms with Gasteiger partial charge in [-0.1, -0.05) is 35.4 Å². The van der Waals surface area contributed by atoms with E-state index in [0.29, 0.717) is 5.71 Å². The first-order valence-corrected chi connectivity index (χ1v) is 12.8. The molecule has 7 heteroatoms. The van der Waals surface area contributed by atoms with Crippen molar-refractivity contribution in [3.8, 4) is 0 Å². The Morgan fingerprint density at radius 3 is 2.09 bits per heavy atom. The summed E-state index contributed by atoms with van der Waals surface area (Å²) in [6.45, 7) is 8.13. The fourth-order valence-electron chi connectivity index (χ4n) is 2.77. The van der Waals surface area contributed by atoms with Crippen LogP contribution in [-0.2, 0) is 14.8 Å². The van der Waals surface area contributed by atoms with E-state index < -0.39 is 10.0 Å². The summed E-state index contributed by atoms with van der Waals surface area (Å²) in [5.74, 6) is 0. The van der Waals surface area contributed by atoms with Crippen LogP contribution in [0.1, 0.15) is 23.6 Å². The van der Waals surface area contributed by atoms with Crippen molar-refractivity contribution in [3.63, 3.8) is 0 Å². The molecule has 0 saturated heterocycles. The summed E-state index contributed by atoms with van der Waals surface area (Å²) < 4.78 is 33.0. The summed E-state index contributed by atoms with van der Waals surface area (Å²) in [6, 6.07) is 12.9. The van der Waals surface area contributed by atoms with Crippen LogP contribution in [0.3, 0.4) is 0 Å². The van der Waals surface area contributed by atoms with Crippen molar-refractivity contribution in [2.75, 3.05) is 13.4 Å². The molecule has 0 aromatic heterocycles. The van der Waals surface area contributed by atoms with Gasteiger partial charge in [-0.15, -0.1) is 11.8 Å². The molecule has 0 aliphatic heterocycles. The summed E-state index contributed by atoms with van der Waals surface area (Å²) in [7, 11) is -2.07. The summed E-state index contributed by atoms with van der Waals surface area (Å²) in [5, 5.41) is 1.10. The molecule has 0 atom stereocenters. The van der Waals surface area contributed by atoms with Gasteiger partial charge in [0.2, 0.25) is 0 Å². The number of benzene rings is 2. The molecule has 0 spiro atoms. The molecule has 1 aliphatic carbocycles. The normalized spacial score (nSPS) is 15.9. The number of nitrogens with zero attached hydrogens (tertiary/aromatic N) is 2. The van der Waals surface area contributed by atoms with Crippen molar-refractivity contribution in [3.05, 3.63) is 83.5 Å². The van der Waals surface area contributed by atoms with Gasteiger partial charge in [0, 0.05) is 7.11 Å². The SMILES string of the molecule is COC1C=CC(=NS(=O)(=O)c2ccc(C)cc2)C=C1.CSC(C)=Nc1ccc(C)cc1C. The number of aryl methyl sites for hydroxylation is 3. The molecule has 0 saturated carbocycles. The van der Waals surface area contributed by atoms with E-state index in [1.807, 2.05) is 20.1 Å². The molecule has 0 heterocycles. The number of rotatable bonds is 4. The first kappa shape index (κ1) is 25.8. The van der Waals surface area contributed by atoms with Crippen molar-refractivity contribution < 1.29 is 13.2 Å². The lowest BCUT2D eigenvalue weighted by Crippen LogP contribution is -2.10. The predicted octanol–water partition coefficient (Wildman–Crippen LogP) is 5.98. The van der Waals surface area contributed by atoms with Gasteiger partial charge in [0.05, 0.1) is 27.4 Å². The Kier molecular flexibility index (Phi) is 9.62. The monoisotopic (exact) mass is 470 g/mol. The molecular formula is C25H30N2O3S2. The molecule has 0 fully saturated rings. The molecule has 170 valence electrons. The average Bonchev–Trinajstić information content (AvgIpc) is 2.76. The second-order valence-electron chi connectivity index (χ2n) is 7.35. The third kappa shape index (κ3) is 7.89. The quantitative estimate of drug-likeness (QED) is 0.407. The standard InChI is InChI=1S/C14H15NO3S.C11H15NS/c1-11-3-9-14(10-4-11)19(16,17)15-12-5-7-13(18-2)8-6-12;1-8-5-6-11(9(2)7-8)12-10(3)13-4/h3-10,13H,1-2H3;5-7H,1-4H3. The van der Waals surface area contributed by atoms with E-state index in [-0.39, 0.29) is 11.0 Å². The Morgan fingerprint density at radius 1 is 0.969 bits per heavy atom. The maximum atomic E-state index is 12.1. The van der Waals surface area contributed by atoms with Crippen LogP contribution in [0.4, 0.5) is 5.69 Å². The highest BCUT2D eigenvalue weighted by atomic mass is 32.2. The Labute approximate surface area is 196 Å². The molecule has 3 rings (SSSR count). The number of aliphatic imine (C=N–C) groups is 1. The number of hydrogen-bond donors (Lipinski definition) is 0. The zero-order valence-corrected chi connectivity index (χ0v) is 21.0. The third-order valence-electron chi connectivity index (χ3n) is 4.66. The van der Waals surface area contributed by atoms with Gasteiger partial charge in [-0.05, 0) is 82.0 Å². The number of methoxy groups -OCH3 is 1. The predicted molar refractivity (Wildman–Crippen MR) is 137 cm³/mol. The maximum absolute atomic E-state index is 12.1. The highest BCUT2D eigenvalue weighted by Crippen LogP contribution is 2.21. The van der Waals surface area contributed by atoms with Crippen LogP contribution in [-0.4, -0.2) is 38.6 Å². The minimum Gasteiger partial charge on any atom is -0.373 e. The van der Waals surface area contributed by atoms with Crippen LogP contribution in [0.15, 0.2) is 81.1 Å². The van der Waals surface area contributed by atoms with Crippen LogP contribution in [0.25, 0.3) is 0 Å². The summed E-state index contributed by atoms with van der Waals surface area (Å²) in [6.07, 6.45) is 8.70. The largest absolute Gasteiger partial charge is 0.373 e. The van der Waals surface area contributed by atoms with E-state index >= 15 is 0 Å². The highest BCUT2D eigenvalue weighted by molar-refractivity contribution is 8.13. The average molecular weight is 471 g/mol. The van der Waals surface area contributed by atoms with Crippen LogP contribution < -0.4 is 0 Å². The van der Waals surface area contributed by atoms with Gasteiger partial charge in [-0.2, -0.15) is 12.8 Å². The van der Waals surface area contributed by atoms with Crippen LogP contribution >= 0.6 is 11.8 Å². The summed E-state index contributed by atoms with van der Waals surface area (Å²) in [4.78, 5) is 4.69. The first-order chi connectivity index (χ1) is 15.1. The van der Waals surface area contributed by atoms with E-state index in [9.17, 15) is 8.42 Å². The molecule has 0 N–H and O–H groups in total. The Morgan fingerprint density at radius 2 is 1.56 bits per heavy atom. The topological polar surface area (TPSA) is 68.1 Å². The molecular weight excluding hydrogens is 440 g/mol. The van der Waals surface area contributed by atoms with Gasteiger partial charge in [0.25, 0.3) is 10.0 Å². The molecule has 1 aliphatic rings. The third-order valence-corrected chi connectivity index (χ3v) is 6.66. The van der Waals surface area contributed by atoms with E-state index in [1.54, 1.807) is 67.4 Å². The first-order valence-electron chi connectivity index (χ1n) is 10.1. The fraction of sp³-hybridized carbons (Fsp3) is 0.280. The van der Waals surface area contributed by atoms with E-state index in [4.69, 9.17) is 4.74 Å². The van der Waals surface area contributed by atoms with Crippen molar-refractivity contribution in [2.45, 2.75) is 38.7 Å². The van der Waals surface area contributed by atoms with E-state index in [1.165, 1.54) is 11.1 Å². The van der Waals surface area contributed by atoms with Gasteiger partial charge >= 0.3 is 0 Å². The zero-order chi connectivity index (χ0) is 23.7. The van der Waals surface area contributed by atoms with Crippen LogP contribution in [0.5, 0.6) is 0 Å². The van der Waals surface area contributed by atoms with Crippen molar-refractivity contribution in [1.82, 2.24) is 0 Å². The molecule has 0 amide bonds. The number of hydrogen-bond acceptors (Lipinski definition) is 5. The van der Waals surface area contributed by atoms with Crippen molar-refractivity contribution >= 4 is 38.2 Å². The molecule has 2 aromatic rings. The van der Waals surface area contributed by atoms with Crippen LogP contribution in [0, 0.1) is 20.8 Å². The molecule has 5 nitrogen and oxygen atoms in total. The number of sulfonamides is 1.